The highest BCUT2D eigenvalue weighted by Gasteiger charge is 2.30. The van der Waals surface area contributed by atoms with Crippen LogP contribution in [0.1, 0.15) is 39.0 Å². The SMILES string of the molecule is CC(I)C(O)OCC(CC(I)C(=O)OCC1CCCN(C)C1)C1CCNCC1. The molecule has 0 aliphatic carbocycles. The quantitative estimate of drug-likeness (QED) is 0.169. The van der Waals surface area contributed by atoms with E-state index in [9.17, 15) is 9.90 Å². The minimum absolute atomic E-state index is 0.0419. The third-order valence-corrected chi connectivity index (χ3v) is 7.51. The van der Waals surface area contributed by atoms with Gasteiger partial charge < -0.3 is 24.8 Å². The van der Waals surface area contributed by atoms with Crippen LogP contribution in [-0.2, 0) is 14.3 Å². The van der Waals surface area contributed by atoms with Crippen molar-refractivity contribution in [1.29, 1.82) is 0 Å². The Morgan fingerprint density at radius 2 is 2.00 bits per heavy atom. The van der Waals surface area contributed by atoms with Gasteiger partial charge in [0, 0.05) is 12.5 Å². The summed E-state index contributed by atoms with van der Waals surface area (Å²) in [6.45, 7) is 7.14. The van der Waals surface area contributed by atoms with Crippen molar-refractivity contribution >= 4 is 51.2 Å². The van der Waals surface area contributed by atoms with Crippen LogP contribution in [0.15, 0.2) is 0 Å². The Kier molecular flexibility index (Phi) is 11.8. The highest BCUT2D eigenvalue weighted by atomic mass is 127. The van der Waals surface area contributed by atoms with Crippen molar-refractivity contribution in [3.05, 3.63) is 0 Å². The molecule has 2 N–H and O–H groups in total. The molecule has 0 aromatic heterocycles. The predicted molar refractivity (Wildman–Crippen MR) is 128 cm³/mol. The number of ether oxygens (including phenoxy) is 2. The van der Waals surface area contributed by atoms with Crippen LogP contribution in [0.4, 0.5) is 0 Å². The van der Waals surface area contributed by atoms with E-state index < -0.39 is 6.29 Å². The van der Waals surface area contributed by atoms with Gasteiger partial charge in [0.15, 0.2) is 6.29 Å². The van der Waals surface area contributed by atoms with Gasteiger partial charge >= 0.3 is 5.97 Å². The molecule has 0 radical (unpaired) electrons. The fourth-order valence-electron chi connectivity index (χ4n) is 4.13. The molecule has 5 atom stereocenters. The number of carbonyl (C=O) groups excluding carboxylic acids is 1. The van der Waals surface area contributed by atoms with Crippen LogP contribution < -0.4 is 5.32 Å². The smallest absolute Gasteiger partial charge is 0.318 e. The van der Waals surface area contributed by atoms with Crippen LogP contribution in [0.2, 0.25) is 0 Å². The Balaban J connectivity index is 1.83. The summed E-state index contributed by atoms with van der Waals surface area (Å²) in [5.74, 6) is 1.14. The molecular formula is C20H36I2N2O4. The van der Waals surface area contributed by atoms with Crippen molar-refractivity contribution < 1.29 is 19.4 Å². The first-order valence-electron chi connectivity index (χ1n) is 10.5. The second kappa shape index (κ2) is 13.2. The summed E-state index contributed by atoms with van der Waals surface area (Å²) in [5.41, 5.74) is 0. The third-order valence-electron chi connectivity index (χ3n) is 5.87. The molecule has 0 amide bonds. The van der Waals surface area contributed by atoms with Crippen LogP contribution in [0.25, 0.3) is 0 Å². The summed E-state index contributed by atoms with van der Waals surface area (Å²) < 4.78 is 11.3. The van der Waals surface area contributed by atoms with Crippen LogP contribution in [-0.4, -0.2) is 76.6 Å². The zero-order valence-corrected chi connectivity index (χ0v) is 21.4. The van der Waals surface area contributed by atoms with E-state index in [1.807, 2.05) is 6.92 Å². The Labute approximate surface area is 197 Å². The number of hydrogen-bond acceptors (Lipinski definition) is 6. The first kappa shape index (κ1) is 25.0. The second-order valence-corrected chi connectivity index (χ2v) is 11.8. The van der Waals surface area contributed by atoms with Gasteiger partial charge in [-0.15, -0.1) is 0 Å². The molecule has 28 heavy (non-hydrogen) atoms. The van der Waals surface area contributed by atoms with Gasteiger partial charge in [0.2, 0.25) is 0 Å². The standard InChI is InChI=1S/C20H36I2N2O4/c1-14(21)19(25)28-13-17(16-5-7-23-8-6-16)10-18(22)20(26)27-12-15-4-3-9-24(2)11-15/h14-19,23,25H,3-13H2,1-2H3. The maximum absolute atomic E-state index is 12.6. The molecule has 2 saturated heterocycles. The number of aliphatic hydroxyl groups excluding tert-OH is 1. The van der Waals surface area contributed by atoms with Crippen molar-refractivity contribution in [2.75, 3.05) is 46.4 Å². The number of rotatable bonds is 10. The van der Waals surface area contributed by atoms with Gasteiger partial charge in [-0.05, 0) is 77.5 Å². The average Bonchev–Trinajstić information content (AvgIpc) is 2.69. The van der Waals surface area contributed by atoms with Gasteiger partial charge in [-0.2, -0.15) is 0 Å². The van der Waals surface area contributed by atoms with Gasteiger partial charge in [0.25, 0.3) is 0 Å². The molecule has 0 bridgehead atoms. The van der Waals surface area contributed by atoms with E-state index in [1.54, 1.807) is 0 Å². The first-order chi connectivity index (χ1) is 13.4. The van der Waals surface area contributed by atoms with Gasteiger partial charge in [-0.3, -0.25) is 4.79 Å². The molecular weight excluding hydrogens is 586 g/mol. The lowest BCUT2D eigenvalue weighted by Crippen LogP contribution is -2.37. The number of likely N-dealkylation sites (tertiary alicyclic amines) is 1. The molecule has 2 heterocycles. The summed E-state index contributed by atoms with van der Waals surface area (Å²) in [7, 11) is 2.13. The molecule has 0 aromatic rings. The van der Waals surface area contributed by atoms with E-state index in [1.165, 1.54) is 6.42 Å². The number of carbonyl (C=O) groups is 1. The largest absolute Gasteiger partial charge is 0.465 e. The monoisotopic (exact) mass is 622 g/mol. The van der Waals surface area contributed by atoms with Crippen LogP contribution in [0.5, 0.6) is 0 Å². The van der Waals surface area contributed by atoms with Crippen LogP contribution in [0.3, 0.4) is 0 Å². The second-order valence-electron chi connectivity index (χ2n) is 8.35. The molecule has 2 aliphatic heterocycles. The van der Waals surface area contributed by atoms with E-state index >= 15 is 0 Å². The van der Waals surface area contributed by atoms with Crippen molar-refractivity contribution in [3.63, 3.8) is 0 Å². The Morgan fingerprint density at radius 1 is 1.29 bits per heavy atom. The molecule has 5 unspecified atom stereocenters. The summed E-state index contributed by atoms with van der Waals surface area (Å²) in [6.07, 6.45) is 4.50. The van der Waals surface area contributed by atoms with Crippen LogP contribution >= 0.6 is 45.2 Å². The molecule has 0 spiro atoms. The summed E-state index contributed by atoms with van der Waals surface area (Å²) in [4.78, 5) is 14.9. The van der Waals surface area contributed by atoms with Gasteiger partial charge in [-0.1, -0.05) is 45.2 Å². The highest BCUT2D eigenvalue weighted by Crippen LogP contribution is 2.30. The molecule has 2 rings (SSSR count). The average molecular weight is 622 g/mol. The van der Waals surface area contributed by atoms with E-state index in [0.29, 0.717) is 25.0 Å². The maximum atomic E-state index is 12.6. The highest BCUT2D eigenvalue weighted by molar-refractivity contribution is 14.1. The minimum atomic E-state index is -0.757. The molecule has 0 aromatic carbocycles. The molecule has 8 heteroatoms. The topological polar surface area (TPSA) is 71.0 Å². The lowest BCUT2D eigenvalue weighted by molar-refractivity contribution is -0.145. The number of hydrogen-bond donors (Lipinski definition) is 2. The van der Waals surface area contributed by atoms with Gasteiger partial charge in [0.1, 0.15) is 3.92 Å². The first-order valence-corrected chi connectivity index (χ1v) is 13.0. The lowest BCUT2D eigenvalue weighted by Gasteiger charge is -2.32. The molecule has 6 nitrogen and oxygen atoms in total. The number of piperidine rings is 2. The zero-order chi connectivity index (χ0) is 20.5. The number of nitrogens with one attached hydrogen (secondary N) is 1. The predicted octanol–water partition coefficient (Wildman–Crippen LogP) is 2.84. The lowest BCUT2D eigenvalue weighted by atomic mass is 9.82. The number of nitrogens with zero attached hydrogens (tertiary/aromatic N) is 1. The minimum Gasteiger partial charge on any atom is -0.465 e. The van der Waals surface area contributed by atoms with Crippen molar-refractivity contribution in [2.45, 2.75) is 53.2 Å². The van der Waals surface area contributed by atoms with Crippen molar-refractivity contribution in [2.24, 2.45) is 17.8 Å². The Bertz CT molecular complexity index is 463. The summed E-state index contributed by atoms with van der Waals surface area (Å²) in [6, 6.07) is 0. The molecule has 2 fully saturated rings. The number of alkyl halides is 2. The zero-order valence-electron chi connectivity index (χ0n) is 17.1. The van der Waals surface area contributed by atoms with Gasteiger partial charge in [0.05, 0.1) is 17.1 Å². The molecule has 2 aliphatic rings. The van der Waals surface area contributed by atoms with E-state index in [-0.39, 0.29) is 19.7 Å². The molecule has 0 saturated carbocycles. The Morgan fingerprint density at radius 3 is 2.64 bits per heavy atom. The van der Waals surface area contributed by atoms with Gasteiger partial charge in [-0.25, -0.2) is 0 Å². The van der Waals surface area contributed by atoms with E-state index in [2.05, 4.69) is 62.4 Å². The van der Waals surface area contributed by atoms with E-state index in [0.717, 1.165) is 51.9 Å². The number of aliphatic hydroxyl groups is 1. The maximum Gasteiger partial charge on any atom is 0.318 e. The van der Waals surface area contributed by atoms with Crippen LogP contribution in [0, 0.1) is 17.8 Å². The third kappa shape index (κ3) is 8.87. The van der Waals surface area contributed by atoms with Crippen molar-refractivity contribution in [1.82, 2.24) is 10.2 Å². The fourth-order valence-corrected chi connectivity index (χ4v) is 5.17. The summed E-state index contributed by atoms with van der Waals surface area (Å²) >= 11 is 4.40. The molecule has 164 valence electrons. The normalized spacial score (nSPS) is 26.4. The fraction of sp³-hybridized carbons (Fsp3) is 0.950. The summed E-state index contributed by atoms with van der Waals surface area (Å²) in [5, 5.41) is 13.4. The van der Waals surface area contributed by atoms with E-state index in [4.69, 9.17) is 9.47 Å². The number of halogens is 2. The number of esters is 1. The Hall–Kier alpha value is 0.770. The van der Waals surface area contributed by atoms with Crippen molar-refractivity contribution in [3.8, 4) is 0 Å².